The average Bonchev–Trinajstić information content (AvgIpc) is 2.27. The molecule has 0 heterocycles. The van der Waals surface area contributed by atoms with Gasteiger partial charge in [-0.3, -0.25) is 0 Å². The lowest BCUT2D eigenvalue weighted by atomic mass is 9.94. The Morgan fingerprint density at radius 3 is 2.24 bits per heavy atom. The van der Waals surface area contributed by atoms with E-state index in [1.165, 1.54) is 21.0 Å². The molecule has 2 unspecified atom stereocenters. The van der Waals surface area contributed by atoms with Crippen LogP contribution in [0.5, 0.6) is 11.5 Å². The molecule has 0 amide bonds. The number of aromatic hydroxyl groups is 1. The fraction of sp³-hybridized carbons (Fsp3) is 0.500. The number of methoxy groups -OCH3 is 1. The van der Waals surface area contributed by atoms with Crippen LogP contribution in [0.3, 0.4) is 0 Å². The van der Waals surface area contributed by atoms with Crippen LogP contribution in [0.2, 0.25) is 0 Å². The summed E-state index contributed by atoms with van der Waals surface area (Å²) in [7, 11) is 1.33. The molecule has 1 aromatic carbocycles. The van der Waals surface area contributed by atoms with Crippen LogP contribution in [-0.2, 0) is 0 Å². The summed E-state index contributed by atoms with van der Waals surface area (Å²) in [4.78, 5) is 0. The third-order valence-corrected chi connectivity index (χ3v) is 2.87. The lowest BCUT2D eigenvalue weighted by molar-refractivity contribution is 0.147. The van der Waals surface area contributed by atoms with Gasteiger partial charge in [-0.2, -0.15) is 0 Å². The van der Waals surface area contributed by atoms with Gasteiger partial charge in [0.15, 0.2) is 11.5 Å². The fourth-order valence-electron chi connectivity index (χ4n) is 1.85. The van der Waals surface area contributed by atoms with Gasteiger partial charge in [0.1, 0.15) is 5.82 Å². The van der Waals surface area contributed by atoms with Crippen molar-refractivity contribution in [3.63, 3.8) is 0 Å². The number of aliphatic hydroxyl groups is 1. The summed E-state index contributed by atoms with van der Waals surface area (Å²) < 4.78 is 18.8. The molecule has 4 nitrogen and oxygen atoms in total. The van der Waals surface area contributed by atoms with Crippen LogP contribution >= 0.6 is 0 Å². The van der Waals surface area contributed by atoms with E-state index in [-0.39, 0.29) is 28.2 Å². The number of phenols is 1. The number of aliphatic hydroxyl groups excluding tert-OH is 1. The molecule has 0 spiro atoms. The van der Waals surface area contributed by atoms with Crippen molar-refractivity contribution < 1.29 is 19.3 Å². The highest BCUT2D eigenvalue weighted by Crippen LogP contribution is 2.41. The second-order valence-corrected chi connectivity index (χ2v) is 4.16. The van der Waals surface area contributed by atoms with Crippen molar-refractivity contribution in [3.05, 3.63) is 22.5 Å². The van der Waals surface area contributed by atoms with E-state index in [2.05, 4.69) is 0 Å². The smallest absolute Gasteiger partial charge is 0.166 e. The largest absolute Gasteiger partial charge is 0.504 e. The molecule has 4 N–H and O–H groups in total. The molecule has 1 aromatic rings. The minimum atomic E-state index is -1.14. The SMILES string of the molecule is COc1c(C)c(F)c(C)c(C(O)C(C)N)c1O. The zero-order chi connectivity index (χ0) is 13.3. The Hall–Kier alpha value is -1.33. The molecule has 0 bridgehead atoms. The molecule has 0 aromatic heterocycles. The van der Waals surface area contributed by atoms with Crippen molar-refractivity contribution in [3.8, 4) is 11.5 Å². The van der Waals surface area contributed by atoms with Crippen molar-refractivity contribution >= 4 is 0 Å². The van der Waals surface area contributed by atoms with Crippen molar-refractivity contribution in [1.82, 2.24) is 0 Å². The van der Waals surface area contributed by atoms with Crippen LogP contribution in [0.15, 0.2) is 0 Å². The van der Waals surface area contributed by atoms with Gasteiger partial charge in [-0.25, -0.2) is 4.39 Å². The van der Waals surface area contributed by atoms with Gasteiger partial charge in [-0.05, 0) is 26.3 Å². The minimum absolute atomic E-state index is 0.0304. The van der Waals surface area contributed by atoms with Gasteiger partial charge in [0.25, 0.3) is 0 Å². The van der Waals surface area contributed by atoms with Crippen LogP contribution in [-0.4, -0.2) is 23.4 Å². The fourth-order valence-corrected chi connectivity index (χ4v) is 1.85. The maximum absolute atomic E-state index is 13.9. The Balaban J connectivity index is 3.55. The first-order valence-electron chi connectivity index (χ1n) is 5.32. The van der Waals surface area contributed by atoms with Gasteiger partial charge in [-0.1, -0.05) is 0 Å². The number of benzene rings is 1. The molecule has 5 heteroatoms. The first kappa shape index (κ1) is 13.7. The second kappa shape index (κ2) is 4.89. The van der Waals surface area contributed by atoms with Crippen LogP contribution in [0, 0.1) is 19.7 Å². The second-order valence-electron chi connectivity index (χ2n) is 4.16. The number of ether oxygens (including phenoxy) is 1. The Kier molecular flexibility index (Phi) is 3.95. The predicted octanol–water partition coefficient (Wildman–Crippen LogP) is 1.54. The molecule has 0 saturated heterocycles. The third kappa shape index (κ3) is 2.21. The maximum Gasteiger partial charge on any atom is 0.166 e. The van der Waals surface area contributed by atoms with E-state index >= 15 is 0 Å². The van der Waals surface area contributed by atoms with E-state index in [0.717, 1.165) is 0 Å². The number of rotatable bonds is 3. The van der Waals surface area contributed by atoms with Crippen LogP contribution in [0.25, 0.3) is 0 Å². The quantitative estimate of drug-likeness (QED) is 0.752. The van der Waals surface area contributed by atoms with Crippen molar-refractivity contribution in [2.45, 2.75) is 32.9 Å². The Morgan fingerprint density at radius 2 is 1.82 bits per heavy atom. The summed E-state index contributed by atoms with van der Waals surface area (Å²) in [5, 5.41) is 19.9. The number of hydrogen-bond acceptors (Lipinski definition) is 4. The van der Waals surface area contributed by atoms with Gasteiger partial charge >= 0.3 is 0 Å². The zero-order valence-corrected chi connectivity index (χ0v) is 10.4. The number of hydrogen-bond donors (Lipinski definition) is 3. The highest BCUT2D eigenvalue weighted by Gasteiger charge is 2.26. The van der Waals surface area contributed by atoms with Gasteiger partial charge in [0.2, 0.25) is 0 Å². The van der Waals surface area contributed by atoms with Crippen LogP contribution in [0.1, 0.15) is 29.7 Å². The normalized spacial score (nSPS) is 14.5. The summed E-state index contributed by atoms with van der Waals surface area (Å²) in [6.45, 7) is 4.57. The van der Waals surface area contributed by atoms with Gasteiger partial charge in [0.05, 0.1) is 13.2 Å². The van der Waals surface area contributed by atoms with E-state index in [4.69, 9.17) is 10.5 Å². The Labute approximate surface area is 99.8 Å². The molecule has 0 fully saturated rings. The molecule has 0 aliphatic carbocycles. The topological polar surface area (TPSA) is 75.7 Å². The monoisotopic (exact) mass is 243 g/mol. The Morgan fingerprint density at radius 1 is 1.29 bits per heavy atom. The lowest BCUT2D eigenvalue weighted by Gasteiger charge is -2.22. The van der Waals surface area contributed by atoms with Crippen molar-refractivity contribution in [2.75, 3.05) is 7.11 Å². The summed E-state index contributed by atoms with van der Waals surface area (Å²) in [5.74, 6) is -0.731. The summed E-state index contributed by atoms with van der Waals surface area (Å²) in [6.07, 6.45) is -1.14. The third-order valence-electron chi connectivity index (χ3n) is 2.87. The number of phenolic OH excluding ortho intramolecular Hbond substituents is 1. The van der Waals surface area contributed by atoms with E-state index < -0.39 is 18.0 Å². The van der Waals surface area contributed by atoms with E-state index in [0.29, 0.717) is 0 Å². The first-order chi connectivity index (χ1) is 7.82. The molecule has 96 valence electrons. The van der Waals surface area contributed by atoms with Crippen LogP contribution < -0.4 is 10.5 Å². The van der Waals surface area contributed by atoms with Crippen molar-refractivity contribution in [1.29, 1.82) is 0 Å². The van der Waals surface area contributed by atoms with Gasteiger partial charge in [-0.15, -0.1) is 0 Å². The highest BCUT2D eigenvalue weighted by atomic mass is 19.1. The molecule has 17 heavy (non-hydrogen) atoms. The molecule has 0 saturated carbocycles. The first-order valence-corrected chi connectivity index (χ1v) is 5.32. The standard InChI is InChI=1S/C12H18FNO3/c1-5-8(10(15)7(3)14)11(16)12(17-4)6(2)9(5)13/h7,10,15-16H,14H2,1-4H3. The zero-order valence-electron chi connectivity index (χ0n) is 10.4. The molecule has 1 rings (SSSR count). The summed E-state index contributed by atoms with van der Waals surface area (Å²) in [5.41, 5.74) is 6.04. The summed E-state index contributed by atoms with van der Waals surface area (Å²) >= 11 is 0. The van der Waals surface area contributed by atoms with E-state index in [1.807, 2.05) is 0 Å². The molecular weight excluding hydrogens is 225 g/mol. The van der Waals surface area contributed by atoms with E-state index in [1.54, 1.807) is 6.92 Å². The molecular formula is C12H18FNO3. The molecule has 2 atom stereocenters. The average molecular weight is 243 g/mol. The van der Waals surface area contributed by atoms with Gasteiger partial charge in [0, 0.05) is 17.2 Å². The summed E-state index contributed by atoms with van der Waals surface area (Å²) in [6, 6.07) is -0.619. The number of halogens is 1. The van der Waals surface area contributed by atoms with Crippen LogP contribution in [0.4, 0.5) is 4.39 Å². The highest BCUT2D eigenvalue weighted by molar-refractivity contribution is 5.56. The predicted molar refractivity (Wildman–Crippen MR) is 62.7 cm³/mol. The minimum Gasteiger partial charge on any atom is -0.504 e. The molecule has 0 aliphatic heterocycles. The Bertz CT molecular complexity index is 432. The lowest BCUT2D eigenvalue weighted by Crippen LogP contribution is -2.25. The van der Waals surface area contributed by atoms with E-state index in [9.17, 15) is 14.6 Å². The number of nitrogens with two attached hydrogens (primary N) is 1. The van der Waals surface area contributed by atoms with Crippen molar-refractivity contribution in [2.24, 2.45) is 5.73 Å². The van der Waals surface area contributed by atoms with Gasteiger partial charge < -0.3 is 20.7 Å². The maximum atomic E-state index is 13.9. The molecule has 0 radical (unpaired) electrons. The molecule has 0 aliphatic rings.